The fourth-order valence-electron chi connectivity index (χ4n) is 3.67. The van der Waals surface area contributed by atoms with E-state index in [9.17, 15) is 14.0 Å². The van der Waals surface area contributed by atoms with Crippen LogP contribution in [0.3, 0.4) is 0 Å². The van der Waals surface area contributed by atoms with E-state index in [0.29, 0.717) is 11.3 Å². The number of nitrogens with one attached hydrogen (secondary N) is 1. The highest BCUT2D eigenvalue weighted by Gasteiger charge is 2.33. The van der Waals surface area contributed by atoms with Crippen molar-refractivity contribution in [2.75, 3.05) is 7.11 Å². The van der Waals surface area contributed by atoms with Gasteiger partial charge in [-0.05, 0) is 59.0 Å². The lowest BCUT2D eigenvalue weighted by Crippen LogP contribution is -2.43. The van der Waals surface area contributed by atoms with E-state index in [4.69, 9.17) is 9.15 Å². The summed E-state index contributed by atoms with van der Waals surface area (Å²) in [6.07, 6.45) is 1.61. The van der Waals surface area contributed by atoms with Crippen molar-refractivity contribution >= 4 is 23.2 Å². The van der Waals surface area contributed by atoms with Crippen molar-refractivity contribution in [2.24, 2.45) is 0 Å². The van der Waals surface area contributed by atoms with E-state index in [2.05, 4.69) is 5.32 Å². The Kier molecular flexibility index (Phi) is 7.95. The van der Waals surface area contributed by atoms with Crippen LogP contribution in [0.2, 0.25) is 0 Å². The van der Waals surface area contributed by atoms with Crippen LogP contribution in [0.4, 0.5) is 4.39 Å². The number of hydrogen-bond acceptors (Lipinski definition) is 5. The van der Waals surface area contributed by atoms with Crippen LogP contribution in [0.15, 0.2) is 88.9 Å². The Labute approximate surface area is 207 Å². The van der Waals surface area contributed by atoms with E-state index >= 15 is 0 Å². The van der Waals surface area contributed by atoms with Gasteiger partial charge in [-0.3, -0.25) is 9.59 Å². The minimum atomic E-state index is -0.999. The molecule has 0 saturated heterocycles. The number of carbonyl (C=O) groups is 2. The van der Waals surface area contributed by atoms with Crippen LogP contribution in [0, 0.1) is 5.82 Å². The summed E-state index contributed by atoms with van der Waals surface area (Å²) in [5, 5.41) is 4.82. The van der Waals surface area contributed by atoms with Gasteiger partial charge in [-0.25, -0.2) is 4.39 Å². The van der Waals surface area contributed by atoms with Crippen molar-refractivity contribution in [3.63, 3.8) is 0 Å². The van der Waals surface area contributed by atoms with Gasteiger partial charge in [0, 0.05) is 18.0 Å². The van der Waals surface area contributed by atoms with Gasteiger partial charge < -0.3 is 19.4 Å². The Hall–Kier alpha value is -3.91. The molecule has 0 fully saturated rings. The monoisotopic (exact) mass is 492 g/mol. The second-order valence-corrected chi connectivity index (χ2v) is 8.92. The molecule has 0 unspecified atom stereocenters. The van der Waals surface area contributed by atoms with Crippen LogP contribution < -0.4 is 10.1 Å². The Morgan fingerprint density at radius 1 is 1.03 bits per heavy atom. The van der Waals surface area contributed by atoms with Gasteiger partial charge in [-0.2, -0.15) is 0 Å². The number of thiophene rings is 1. The number of rotatable bonds is 10. The molecule has 2 heterocycles. The summed E-state index contributed by atoms with van der Waals surface area (Å²) in [5.41, 5.74) is 1.58. The van der Waals surface area contributed by atoms with Gasteiger partial charge in [0.25, 0.3) is 5.91 Å². The molecule has 0 saturated carbocycles. The van der Waals surface area contributed by atoms with Crippen LogP contribution in [0.5, 0.6) is 5.75 Å². The maximum atomic E-state index is 13.5. The summed E-state index contributed by atoms with van der Waals surface area (Å²) in [4.78, 5) is 29.3. The van der Waals surface area contributed by atoms with Gasteiger partial charge in [0.2, 0.25) is 5.91 Å². The molecular formula is C27H25FN2O4S. The zero-order chi connectivity index (χ0) is 24.6. The molecule has 4 aromatic rings. The zero-order valence-electron chi connectivity index (χ0n) is 19.1. The fraction of sp³-hybridized carbons (Fsp3) is 0.185. The lowest BCUT2D eigenvalue weighted by atomic mass is 10.1. The maximum absolute atomic E-state index is 13.5. The number of benzene rings is 2. The molecule has 2 aromatic heterocycles. The standard InChI is InChI=1S/C27H25FN2O4S/c1-33-22-12-8-19(9-13-22)17-29-27(32)26(24-5-2-14-34-24)30(18-20-6-10-21(28)11-7-20)25(31)16-23-4-3-15-35-23/h2-15,26H,16-18H2,1H3,(H,29,32)/t26-/m0/s1. The molecule has 180 valence electrons. The molecule has 8 heteroatoms. The molecule has 0 aliphatic carbocycles. The molecule has 2 amide bonds. The number of methoxy groups -OCH3 is 1. The number of halogens is 1. The molecule has 1 N–H and O–H groups in total. The summed E-state index contributed by atoms with van der Waals surface area (Å²) in [7, 11) is 1.59. The van der Waals surface area contributed by atoms with Crippen LogP contribution >= 0.6 is 11.3 Å². The van der Waals surface area contributed by atoms with Crippen molar-refractivity contribution in [3.05, 3.63) is 112 Å². The van der Waals surface area contributed by atoms with E-state index in [-0.39, 0.29) is 37.1 Å². The topological polar surface area (TPSA) is 71.8 Å². The molecule has 1 atom stereocenters. The Balaban J connectivity index is 1.60. The predicted octanol–water partition coefficient (Wildman–Crippen LogP) is 5.12. The Bertz CT molecular complexity index is 1220. The second kappa shape index (κ2) is 11.5. The van der Waals surface area contributed by atoms with E-state index in [1.54, 1.807) is 31.4 Å². The third kappa shape index (κ3) is 6.36. The summed E-state index contributed by atoms with van der Waals surface area (Å²) in [6, 6.07) is 19.4. The number of amides is 2. The van der Waals surface area contributed by atoms with Gasteiger partial charge >= 0.3 is 0 Å². The first kappa shape index (κ1) is 24.2. The van der Waals surface area contributed by atoms with Gasteiger partial charge in [0.05, 0.1) is 19.8 Å². The quantitative estimate of drug-likeness (QED) is 0.334. The van der Waals surface area contributed by atoms with E-state index in [0.717, 1.165) is 16.2 Å². The molecule has 0 bridgehead atoms. The lowest BCUT2D eigenvalue weighted by Gasteiger charge is -2.30. The lowest BCUT2D eigenvalue weighted by molar-refractivity contribution is -0.141. The minimum absolute atomic E-state index is 0.117. The maximum Gasteiger partial charge on any atom is 0.251 e. The summed E-state index contributed by atoms with van der Waals surface area (Å²) in [5.74, 6) is 0.0808. The highest BCUT2D eigenvalue weighted by molar-refractivity contribution is 7.10. The highest BCUT2D eigenvalue weighted by Crippen LogP contribution is 2.26. The number of carbonyl (C=O) groups excluding carboxylic acids is 2. The van der Waals surface area contributed by atoms with Gasteiger partial charge in [-0.15, -0.1) is 11.3 Å². The van der Waals surface area contributed by atoms with E-state index in [1.165, 1.54) is 34.6 Å². The molecule has 35 heavy (non-hydrogen) atoms. The summed E-state index contributed by atoms with van der Waals surface area (Å²) < 4.78 is 24.3. The summed E-state index contributed by atoms with van der Waals surface area (Å²) in [6.45, 7) is 0.384. The largest absolute Gasteiger partial charge is 0.497 e. The highest BCUT2D eigenvalue weighted by atomic mass is 32.1. The second-order valence-electron chi connectivity index (χ2n) is 7.89. The molecule has 0 aliphatic heterocycles. The third-order valence-electron chi connectivity index (χ3n) is 5.49. The van der Waals surface area contributed by atoms with Gasteiger partial charge in [-0.1, -0.05) is 30.3 Å². The van der Waals surface area contributed by atoms with Crippen molar-refractivity contribution in [1.82, 2.24) is 10.2 Å². The van der Waals surface area contributed by atoms with Crippen molar-refractivity contribution in [1.29, 1.82) is 0 Å². The van der Waals surface area contributed by atoms with E-state index in [1.807, 2.05) is 41.8 Å². The number of ether oxygens (including phenoxy) is 1. The van der Waals surface area contributed by atoms with Gasteiger partial charge in [0.1, 0.15) is 17.3 Å². The predicted molar refractivity (Wildman–Crippen MR) is 131 cm³/mol. The number of furan rings is 1. The average Bonchev–Trinajstić information content (AvgIpc) is 3.59. The first-order valence-electron chi connectivity index (χ1n) is 11.0. The molecular weight excluding hydrogens is 467 g/mol. The fourth-order valence-corrected chi connectivity index (χ4v) is 4.37. The SMILES string of the molecule is COc1ccc(CNC(=O)[C@H](c2ccco2)N(Cc2ccc(F)cc2)C(=O)Cc2cccs2)cc1. The minimum Gasteiger partial charge on any atom is -0.497 e. The van der Waals surface area contributed by atoms with Crippen LogP contribution in [-0.2, 0) is 29.1 Å². The van der Waals surface area contributed by atoms with Crippen LogP contribution in [0.25, 0.3) is 0 Å². The molecule has 6 nitrogen and oxygen atoms in total. The van der Waals surface area contributed by atoms with Crippen molar-refractivity contribution in [3.8, 4) is 5.75 Å². The van der Waals surface area contributed by atoms with Crippen molar-refractivity contribution < 1.29 is 23.1 Å². The summed E-state index contributed by atoms with van der Waals surface area (Å²) >= 11 is 1.47. The van der Waals surface area contributed by atoms with Crippen LogP contribution in [-0.4, -0.2) is 23.8 Å². The molecule has 0 spiro atoms. The van der Waals surface area contributed by atoms with Crippen LogP contribution in [0.1, 0.15) is 27.8 Å². The molecule has 4 rings (SSSR count). The van der Waals surface area contributed by atoms with E-state index < -0.39 is 6.04 Å². The smallest absolute Gasteiger partial charge is 0.251 e. The average molecular weight is 493 g/mol. The number of nitrogens with zero attached hydrogens (tertiary/aromatic N) is 1. The van der Waals surface area contributed by atoms with Gasteiger partial charge in [0.15, 0.2) is 6.04 Å². The first-order valence-corrected chi connectivity index (χ1v) is 11.9. The molecule has 2 aromatic carbocycles. The third-order valence-corrected chi connectivity index (χ3v) is 6.37. The number of hydrogen-bond donors (Lipinski definition) is 1. The first-order chi connectivity index (χ1) is 17.0. The Morgan fingerprint density at radius 3 is 2.40 bits per heavy atom. The zero-order valence-corrected chi connectivity index (χ0v) is 20.0. The normalized spacial score (nSPS) is 11.6. The molecule has 0 aliphatic rings. The van der Waals surface area contributed by atoms with Crippen molar-refractivity contribution in [2.45, 2.75) is 25.6 Å². The Morgan fingerprint density at radius 2 is 1.77 bits per heavy atom. The molecule has 0 radical (unpaired) electrons.